The summed E-state index contributed by atoms with van der Waals surface area (Å²) in [7, 11) is 1.41. The predicted molar refractivity (Wildman–Crippen MR) is 106 cm³/mol. The molecule has 3 aliphatic carbocycles. The molecule has 1 amide bonds. The summed E-state index contributed by atoms with van der Waals surface area (Å²) in [6.07, 6.45) is 7.57. The van der Waals surface area contributed by atoms with Gasteiger partial charge in [-0.25, -0.2) is 0 Å². The zero-order valence-electron chi connectivity index (χ0n) is 16.2. The highest BCUT2D eigenvalue weighted by atomic mass is 16.5. The third kappa shape index (κ3) is 4.37. The molecule has 148 valence electrons. The van der Waals surface area contributed by atoms with Gasteiger partial charge < -0.3 is 25.5 Å². The van der Waals surface area contributed by atoms with Gasteiger partial charge >= 0.3 is 7.69 Å². The SMILES string of the molecule is COC12CCC(c3ccc(C(=O)N[C@@H](CCCN)OBO)cc3)(CC1)CC2. The number of benzene rings is 1. The van der Waals surface area contributed by atoms with Crippen LogP contribution < -0.4 is 11.1 Å². The third-order valence-corrected chi connectivity index (χ3v) is 6.61. The van der Waals surface area contributed by atoms with Crippen molar-refractivity contribution in [1.29, 1.82) is 0 Å². The van der Waals surface area contributed by atoms with Crippen molar-refractivity contribution < 1.29 is 19.2 Å². The Morgan fingerprint density at radius 1 is 1.22 bits per heavy atom. The lowest BCUT2D eigenvalue weighted by molar-refractivity contribution is -0.0955. The molecular weight excluding hydrogens is 343 g/mol. The number of hydrogen-bond donors (Lipinski definition) is 3. The molecule has 0 unspecified atom stereocenters. The summed E-state index contributed by atoms with van der Waals surface area (Å²) in [5.41, 5.74) is 7.78. The number of carbonyl (C=O) groups excluding carboxylic acids is 1. The van der Waals surface area contributed by atoms with Crippen LogP contribution in [0.25, 0.3) is 0 Å². The van der Waals surface area contributed by atoms with E-state index in [-0.39, 0.29) is 16.9 Å². The number of nitrogens with two attached hydrogens (primary N) is 1. The minimum Gasteiger partial charge on any atom is -0.430 e. The summed E-state index contributed by atoms with van der Waals surface area (Å²) in [6.45, 7) is 0.516. The van der Waals surface area contributed by atoms with Gasteiger partial charge in [0.25, 0.3) is 5.91 Å². The minimum atomic E-state index is -0.525. The first-order valence-corrected chi connectivity index (χ1v) is 9.95. The third-order valence-electron chi connectivity index (χ3n) is 6.61. The van der Waals surface area contributed by atoms with Gasteiger partial charge in [-0.1, -0.05) is 12.1 Å². The second kappa shape index (κ2) is 8.73. The molecule has 1 atom stereocenters. The first-order valence-electron chi connectivity index (χ1n) is 9.95. The van der Waals surface area contributed by atoms with Crippen LogP contribution in [0.4, 0.5) is 0 Å². The molecule has 3 fully saturated rings. The Morgan fingerprint density at radius 2 is 1.85 bits per heavy atom. The summed E-state index contributed by atoms with van der Waals surface area (Å²) in [5, 5.41) is 11.8. The maximum Gasteiger partial charge on any atom is 0.436 e. The number of carbonyl (C=O) groups is 1. The van der Waals surface area contributed by atoms with Gasteiger partial charge in [-0.05, 0) is 81.0 Å². The van der Waals surface area contributed by atoms with Gasteiger partial charge in [0.15, 0.2) is 0 Å². The van der Waals surface area contributed by atoms with Crippen molar-refractivity contribution in [3.8, 4) is 0 Å². The first-order chi connectivity index (χ1) is 13.1. The Labute approximate surface area is 162 Å². The molecular formula is C20H31BN2O4. The molecule has 3 aliphatic rings. The maximum absolute atomic E-state index is 12.5. The number of amides is 1. The molecule has 1 aromatic carbocycles. The molecule has 3 saturated carbocycles. The molecule has 27 heavy (non-hydrogen) atoms. The molecule has 7 heteroatoms. The van der Waals surface area contributed by atoms with Crippen LogP contribution in [-0.2, 0) is 14.8 Å². The highest BCUT2D eigenvalue weighted by Gasteiger charge is 2.49. The summed E-state index contributed by atoms with van der Waals surface area (Å²) in [4.78, 5) is 12.5. The number of fused-ring (bicyclic) bond motifs is 3. The zero-order valence-corrected chi connectivity index (χ0v) is 16.2. The summed E-state index contributed by atoms with van der Waals surface area (Å²) < 4.78 is 11.0. The summed E-state index contributed by atoms with van der Waals surface area (Å²) >= 11 is 0. The Balaban J connectivity index is 1.64. The van der Waals surface area contributed by atoms with E-state index in [1.165, 1.54) is 5.56 Å². The maximum atomic E-state index is 12.5. The second-order valence-electron chi connectivity index (χ2n) is 7.93. The molecule has 4 N–H and O–H groups in total. The van der Waals surface area contributed by atoms with Gasteiger partial charge in [0.1, 0.15) is 6.23 Å². The van der Waals surface area contributed by atoms with Crippen LogP contribution in [0, 0.1) is 0 Å². The molecule has 2 bridgehead atoms. The lowest BCUT2D eigenvalue weighted by atomic mass is 9.56. The second-order valence-corrected chi connectivity index (χ2v) is 7.93. The molecule has 0 heterocycles. The Bertz CT molecular complexity index is 613. The zero-order chi connectivity index (χ0) is 19.3. The molecule has 0 aliphatic heterocycles. The molecule has 1 aromatic rings. The van der Waals surface area contributed by atoms with Crippen LogP contribution in [0.1, 0.15) is 67.3 Å². The van der Waals surface area contributed by atoms with Gasteiger partial charge in [0.05, 0.1) is 5.60 Å². The fourth-order valence-electron chi connectivity index (χ4n) is 4.69. The number of hydrogen-bond acceptors (Lipinski definition) is 5. The van der Waals surface area contributed by atoms with E-state index >= 15 is 0 Å². The van der Waals surface area contributed by atoms with E-state index in [1.54, 1.807) is 0 Å². The molecule has 0 aromatic heterocycles. The average molecular weight is 374 g/mol. The lowest BCUT2D eigenvalue weighted by Crippen LogP contribution is -2.49. The van der Waals surface area contributed by atoms with Crippen LogP contribution in [0.15, 0.2) is 24.3 Å². The number of nitrogens with one attached hydrogen (secondary N) is 1. The topological polar surface area (TPSA) is 93.8 Å². The highest BCUT2D eigenvalue weighted by molar-refractivity contribution is 6.16. The highest BCUT2D eigenvalue weighted by Crippen LogP contribution is 2.54. The van der Waals surface area contributed by atoms with E-state index in [0.717, 1.165) is 44.9 Å². The summed E-state index contributed by atoms with van der Waals surface area (Å²) in [5.74, 6) is -0.194. The van der Waals surface area contributed by atoms with Crippen LogP contribution in [0.2, 0.25) is 0 Å². The van der Waals surface area contributed by atoms with Gasteiger partial charge in [0.2, 0.25) is 0 Å². The van der Waals surface area contributed by atoms with Crippen molar-refractivity contribution in [1.82, 2.24) is 5.32 Å². The summed E-state index contributed by atoms with van der Waals surface area (Å²) in [6, 6.07) is 7.99. The fraction of sp³-hybridized carbons (Fsp3) is 0.650. The molecule has 6 nitrogen and oxygen atoms in total. The van der Waals surface area contributed by atoms with Crippen molar-refractivity contribution in [2.75, 3.05) is 13.7 Å². The Morgan fingerprint density at radius 3 is 2.37 bits per heavy atom. The van der Waals surface area contributed by atoms with E-state index in [0.29, 0.717) is 18.5 Å². The normalized spacial score (nSPS) is 28.0. The standard InChI is InChI=1S/C20H31BN2O4/c1-26-20-11-8-19(9-12-20,10-13-20)16-6-4-15(5-7-16)18(24)23-17(27-21-25)3-2-14-22/h4-7,17,21,25H,2-3,8-14,22H2,1H3,(H,23,24)/t17-,19?,20?/m1/s1. The number of ether oxygens (including phenoxy) is 1. The van der Waals surface area contributed by atoms with E-state index in [4.69, 9.17) is 20.1 Å². The quantitative estimate of drug-likeness (QED) is 0.452. The molecule has 4 rings (SSSR count). The van der Waals surface area contributed by atoms with E-state index < -0.39 is 13.9 Å². The van der Waals surface area contributed by atoms with Crippen molar-refractivity contribution >= 4 is 13.6 Å². The lowest BCUT2D eigenvalue weighted by Gasteiger charge is -2.53. The minimum absolute atomic E-state index is 0.104. The van der Waals surface area contributed by atoms with Gasteiger partial charge in [-0.2, -0.15) is 0 Å². The van der Waals surface area contributed by atoms with Crippen molar-refractivity contribution in [2.45, 2.75) is 68.6 Å². The largest absolute Gasteiger partial charge is 0.436 e. The average Bonchev–Trinajstić information content (AvgIpc) is 2.73. The number of rotatable bonds is 9. The molecule has 0 radical (unpaired) electrons. The van der Waals surface area contributed by atoms with Crippen LogP contribution >= 0.6 is 0 Å². The van der Waals surface area contributed by atoms with Crippen LogP contribution in [0.5, 0.6) is 0 Å². The van der Waals surface area contributed by atoms with Crippen LogP contribution in [-0.4, -0.2) is 44.1 Å². The van der Waals surface area contributed by atoms with Crippen molar-refractivity contribution in [2.24, 2.45) is 5.73 Å². The van der Waals surface area contributed by atoms with Gasteiger partial charge in [-0.3, -0.25) is 4.79 Å². The van der Waals surface area contributed by atoms with E-state index in [2.05, 4.69) is 17.4 Å². The monoisotopic (exact) mass is 374 g/mol. The number of methoxy groups -OCH3 is 1. The van der Waals surface area contributed by atoms with E-state index in [9.17, 15) is 4.79 Å². The molecule has 0 saturated heterocycles. The first kappa shape index (κ1) is 20.3. The Kier molecular flexibility index (Phi) is 6.58. The molecule has 0 spiro atoms. The van der Waals surface area contributed by atoms with E-state index in [1.807, 2.05) is 19.2 Å². The van der Waals surface area contributed by atoms with Crippen LogP contribution in [0.3, 0.4) is 0 Å². The Hall–Kier alpha value is -1.41. The van der Waals surface area contributed by atoms with Crippen molar-refractivity contribution in [3.63, 3.8) is 0 Å². The fourth-order valence-corrected chi connectivity index (χ4v) is 4.69. The van der Waals surface area contributed by atoms with Crippen molar-refractivity contribution in [3.05, 3.63) is 35.4 Å². The predicted octanol–water partition coefficient (Wildman–Crippen LogP) is 1.75. The van der Waals surface area contributed by atoms with Gasteiger partial charge in [0, 0.05) is 12.7 Å². The van der Waals surface area contributed by atoms with Gasteiger partial charge in [-0.15, -0.1) is 0 Å². The smallest absolute Gasteiger partial charge is 0.430 e.